The molecule has 5 nitrogen and oxygen atoms in total. The van der Waals surface area contributed by atoms with Crippen LogP contribution in [0.2, 0.25) is 0 Å². The number of rotatable bonds is 6. The Labute approximate surface area is 137 Å². The molecule has 0 bridgehead atoms. The van der Waals surface area contributed by atoms with Crippen LogP contribution < -0.4 is 15.4 Å². The molecule has 0 spiro atoms. The highest BCUT2D eigenvalue weighted by molar-refractivity contribution is 5.92. The van der Waals surface area contributed by atoms with E-state index in [4.69, 9.17) is 4.74 Å². The summed E-state index contributed by atoms with van der Waals surface area (Å²) >= 11 is 0. The zero-order valence-corrected chi connectivity index (χ0v) is 13.9. The lowest BCUT2D eigenvalue weighted by molar-refractivity contribution is -0.128. The van der Waals surface area contributed by atoms with Crippen molar-refractivity contribution in [2.75, 3.05) is 19.0 Å². The maximum atomic E-state index is 12.3. The minimum Gasteiger partial charge on any atom is -0.497 e. The number of amides is 2. The molecule has 1 aliphatic carbocycles. The number of benzene rings is 1. The third kappa shape index (κ3) is 4.98. The van der Waals surface area contributed by atoms with Crippen LogP contribution in [0, 0.1) is 11.8 Å². The Bertz CT molecular complexity index is 520. The molecule has 0 unspecified atom stereocenters. The fraction of sp³-hybridized carbons (Fsp3) is 0.556. The van der Waals surface area contributed by atoms with Crippen molar-refractivity contribution in [3.05, 3.63) is 24.3 Å². The number of carbonyl (C=O) groups excluding carboxylic acids is 2. The molecule has 0 aromatic heterocycles. The maximum Gasteiger partial charge on any atom is 0.227 e. The van der Waals surface area contributed by atoms with E-state index in [1.54, 1.807) is 7.11 Å². The number of methoxy groups -OCH3 is 1. The summed E-state index contributed by atoms with van der Waals surface area (Å²) in [6.07, 6.45) is 4.07. The van der Waals surface area contributed by atoms with Crippen molar-refractivity contribution in [1.29, 1.82) is 0 Å². The van der Waals surface area contributed by atoms with Gasteiger partial charge in [-0.15, -0.1) is 0 Å². The summed E-state index contributed by atoms with van der Waals surface area (Å²) in [5.41, 5.74) is 0.776. The summed E-state index contributed by atoms with van der Waals surface area (Å²) in [6, 6.07) is 7.32. The zero-order chi connectivity index (χ0) is 16.7. The second-order valence-electron chi connectivity index (χ2n) is 6.06. The number of hydrogen-bond acceptors (Lipinski definition) is 3. The minimum absolute atomic E-state index is 0.00710. The monoisotopic (exact) mass is 318 g/mol. The first-order chi connectivity index (χ1) is 11.1. The van der Waals surface area contributed by atoms with E-state index >= 15 is 0 Å². The van der Waals surface area contributed by atoms with E-state index in [0.29, 0.717) is 0 Å². The molecule has 1 aromatic rings. The molecule has 1 aromatic carbocycles. The molecule has 1 saturated carbocycles. The van der Waals surface area contributed by atoms with Gasteiger partial charge in [0.1, 0.15) is 5.75 Å². The predicted octanol–water partition coefficient (Wildman–Crippen LogP) is 2.97. The van der Waals surface area contributed by atoms with Crippen molar-refractivity contribution in [1.82, 2.24) is 5.32 Å². The minimum atomic E-state index is -0.00710. The third-order valence-corrected chi connectivity index (χ3v) is 4.38. The van der Waals surface area contributed by atoms with Crippen molar-refractivity contribution >= 4 is 17.5 Å². The van der Waals surface area contributed by atoms with Gasteiger partial charge in [-0.3, -0.25) is 9.59 Å². The molecule has 0 heterocycles. The Hall–Kier alpha value is -2.04. The molecule has 2 N–H and O–H groups in total. The quantitative estimate of drug-likeness (QED) is 0.847. The SMILES string of the molecule is CCCNC(=O)C1CCC(C(=O)Nc2ccc(OC)cc2)CC1. The van der Waals surface area contributed by atoms with Crippen LogP contribution in [0.4, 0.5) is 5.69 Å². The average molecular weight is 318 g/mol. The number of ether oxygens (including phenoxy) is 1. The van der Waals surface area contributed by atoms with Crippen LogP contribution in [-0.4, -0.2) is 25.5 Å². The Morgan fingerprint density at radius 1 is 1.04 bits per heavy atom. The van der Waals surface area contributed by atoms with Gasteiger partial charge in [0.15, 0.2) is 0 Å². The van der Waals surface area contributed by atoms with E-state index in [-0.39, 0.29) is 23.7 Å². The Balaban J connectivity index is 1.79. The molecule has 5 heteroatoms. The largest absolute Gasteiger partial charge is 0.497 e. The zero-order valence-electron chi connectivity index (χ0n) is 13.9. The summed E-state index contributed by atoms with van der Waals surface area (Å²) in [5, 5.41) is 5.89. The summed E-state index contributed by atoms with van der Waals surface area (Å²) < 4.78 is 5.10. The number of hydrogen-bond donors (Lipinski definition) is 2. The maximum absolute atomic E-state index is 12.3. The molecule has 126 valence electrons. The molecule has 1 aliphatic rings. The van der Waals surface area contributed by atoms with E-state index in [0.717, 1.165) is 50.1 Å². The second kappa shape index (κ2) is 8.56. The van der Waals surface area contributed by atoms with Gasteiger partial charge in [-0.05, 0) is 56.4 Å². The van der Waals surface area contributed by atoms with Crippen LogP contribution in [0.5, 0.6) is 5.75 Å². The van der Waals surface area contributed by atoms with Crippen molar-refractivity contribution < 1.29 is 14.3 Å². The standard InChI is InChI=1S/C18H26N2O3/c1-3-12-19-17(21)13-4-6-14(7-5-13)18(22)20-15-8-10-16(23-2)11-9-15/h8-11,13-14H,3-7,12H2,1-2H3,(H,19,21)(H,20,22). The topological polar surface area (TPSA) is 67.4 Å². The molecule has 0 atom stereocenters. The van der Waals surface area contributed by atoms with Gasteiger partial charge in [0.05, 0.1) is 7.11 Å². The van der Waals surface area contributed by atoms with Crippen LogP contribution in [0.3, 0.4) is 0 Å². The van der Waals surface area contributed by atoms with Crippen molar-refractivity contribution in [3.8, 4) is 5.75 Å². The van der Waals surface area contributed by atoms with Crippen LogP contribution in [0.1, 0.15) is 39.0 Å². The van der Waals surface area contributed by atoms with Crippen LogP contribution in [-0.2, 0) is 9.59 Å². The Kier molecular flexibility index (Phi) is 6.44. The van der Waals surface area contributed by atoms with E-state index in [9.17, 15) is 9.59 Å². The van der Waals surface area contributed by atoms with Gasteiger partial charge >= 0.3 is 0 Å². The molecule has 0 radical (unpaired) electrons. The summed E-state index contributed by atoms with van der Waals surface area (Å²) in [5.74, 6) is 1.00. The normalized spacial score (nSPS) is 20.6. The van der Waals surface area contributed by atoms with Crippen LogP contribution >= 0.6 is 0 Å². The highest BCUT2D eigenvalue weighted by Crippen LogP contribution is 2.30. The molecular weight excluding hydrogens is 292 g/mol. The lowest BCUT2D eigenvalue weighted by atomic mass is 9.81. The van der Waals surface area contributed by atoms with E-state index in [1.165, 1.54) is 0 Å². The first-order valence-electron chi connectivity index (χ1n) is 8.36. The number of carbonyl (C=O) groups is 2. The molecule has 23 heavy (non-hydrogen) atoms. The van der Waals surface area contributed by atoms with Gasteiger partial charge < -0.3 is 15.4 Å². The Morgan fingerprint density at radius 3 is 2.13 bits per heavy atom. The summed E-state index contributed by atoms with van der Waals surface area (Å²) in [7, 11) is 1.61. The van der Waals surface area contributed by atoms with Crippen LogP contribution in [0.25, 0.3) is 0 Å². The smallest absolute Gasteiger partial charge is 0.227 e. The second-order valence-corrected chi connectivity index (χ2v) is 6.06. The fourth-order valence-corrected chi connectivity index (χ4v) is 2.93. The molecular formula is C18H26N2O3. The van der Waals surface area contributed by atoms with Gasteiger partial charge in [-0.25, -0.2) is 0 Å². The predicted molar refractivity (Wildman–Crippen MR) is 90.4 cm³/mol. The van der Waals surface area contributed by atoms with E-state index in [2.05, 4.69) is 10.6 Å². The van der Waals surface area contributed by atoms with Crippen LogP contribution in [0.15, 0.2) is 24.3 Å². The first kappa shape index (κ1) is 17.3. The van der Waals surface area contributed by atoms with Gasteiger partial charge in [-0.2, -0.15) is 0 Å². The summed E-state index contributed by atoms with van der Waals surface area (Å²) in [6.45, 7) is 2.78. The van der Waals surface area contributed by atoms with Gasteiger partial charge in [0, 0.05) is 24.1 Å². The summed E-state index contributed by atoms with van der Waals surface area (Å²) in [4.78, 5) is 24.3. The Morgan fingerprint density at radius 2 is 1.61 bits per heavy atom. The fourth-order valence-electron chi connectivity index (χ4n) is 2.93. The van der Waals surface area contributed by atoms with Crippen molar-refractivity contribution in [2.24, 2.45) is 11.8 Å². The van der Waals surface area contributed by atoms with Crippen molar-refractivity contribution in [3.63, 3.8) is 0 Å². The van der Waals surface area contributed by atoms with Gasteiger partial charge in [0.25, 0.3) is 0 Å². The lowest BCUT2D eigenvalue weighted by Gasteiger charge is -2.27. The third-order valence-electron chi connectivity index (χ3n) is 4.38. The van der Waals surface area contributed by atoms with Crippen molar-refractivity contribution in [2.45, 2.75) is 39.0 Å². The molecule has 0 saturated heterocycles. The number of anilines is 1. The number of nitrogens with one attached hydrogen (secondary N) is 2. The molecule has 2 rings (SSSR count). The van der Waals surface area contributed by atoms with Gasteiger partial charge in [-0.1, -0.05) is 6.92 Å². The molecule has 0 aliphatic heterocycles. The average Bonchev–Trinajstić information content (AvgIpc) is 2.60. The lowest BCUT2D eigenvalue weighted by Crippen LogP contribution is -2.35. The van der Waals surface area contributed by atoms with Gasteiger partial charge in [0.2, 0.25) is 11.8 Å². The highest BCUT2D eigenvalue weighted by atomic mass is 16.5. The molecule has 1 fully saturated rings. The highest BCUT2D eigenvalue weighted by Gasteiger charge is 2.29. The van der Waals surface area contributed by atoms with E-state index < -0.39 is 0 Å². The van der Waals surface area contributed by atoms with E-state index in [1.807, 2.05) is 31.2 Å². The first-order valence-corrected chi connectivity index (χ1v) is 8.36. The molecule has 2 amide bonds.